The quantitative estimate of drug-likeness (QED) is 0.653. The van der Waals surface area contributed by atoms with Gasteiger partial charge in [0.1, 0.15) is 0 Å². The largest absolute Gasteiger partial charge is 0.0751 e. The lowest BCUT2D eigenvalue weighted by Crippen LogP contribution is -1.81. The van der Waals surface area contributed by atoms with Crippen molar-refractivity contribution in [3.63, 3.8) is 0 Å². The molecule has 1 aliphatic heterocycles. The zero-order chi connectivity index (χ0) is 7.68. The number of benzene rings is 1. The first-order chi connectivity index (χ1) is 5.36. The molecule has 0 fully saturated rings. The van der Waals surface area contributed by atoms with Crippen molar-refractivity contribution in [3.8, 4) is 0 Å². The molecule has 0 nitrogen and oxygen atoms in total. The van der Waals surface area contributed by atoms with E-state index >= 15 is 0 Å². The summed E-state index contributed by atoms with van der Waals surface area (Å²) < 4.78 is 3.32. The van der Waals surface area contributed by atoms with E-state index in [0.29, 0.717) is 0 Å². The molecule has 56 valence electrons. The minimum absolute atomic E-state index is 0.127. The van der Waals surface area contributed by atoms with Crippen LogP contribution in [0.2, 0.25) is 0 Å². The molecule has 0 bridgehead atoms. The standard InChI is InChI=1S/C9H7IS/c1-7-2-3-9-8(6-7)4-5-10-11-9/h2-4,6H,1H3. The first-order valence-electron chi connectivity index (χ1n) is 3.36. The number of rotatable bonds is 0. The van der Waals surface area contributed by atoms with Crippen molar-refractivity contribution < 1.29 is 0 Å². The molecular formula is C9H7IS. The maximum atomic E-state index is 3.32. The van der Waals surface area contributed by atoms with Gasteiger partial charge in [-0.2, -0.15) is 0 Å². The van der Waals surface area contributed by atoms with Crippen LogP contribution >= 0.6 is 28.3 Å². The van der Waals surface area contributed by atoms with E-state index in [0.717, 1.165) is 0 Å². The first-order valence-corrected chi connectivity index (χ1v) is 7.80. The Hall–Kier alpha value is -0.0500. The Balaban J connectivity index is 2.62. The molecule has 0 radical (unpaired) electrons. The van der Waals surface area contributed by atoms with Crippen molar-refractivity contribution in [2.75, 3.05) is 0 Å². The van der Waals surface area contributed by atoms with Gasteiger partial charge in [-0.1, -0.05) is 30.3 Å². The lowest BCUT2D eigenvalue weighted by Gasteiger charge is -2.04. The van der Waals surface area contributed by atoms with E-state index in [-0.39, 0.29) is 19.3 Å². The van der Waals surface area contributed by atoms with Crippen molar-refractivity contribution in [2.24, 2.45) is 0 Å². The molecule has 0 spiro atoms. The van der Waals surface area contributed by atoms with E-state index in [9.17, 15) is 0 Å². The lowest BCUT2D eigenvalue weighted by molar-refractivity contribution is 1.36. The zero-order valence-corrected chi connectivity index (χ0v) is 9.07. The molecule has 1 aromatic rings. The van der Waals surface area contributed by atoms with Crippen LogP contribution in [-0.2, 0) is 0 Å². The van der Waals surface area contributed by atoms with Crippen LogP contribution in [0.5, 0.6) is 0 Å². The van der Waals surface area contributed by atoms with Crippen LogP contribution in [-0.4, -0.2) is 3.67 Å². The summed E-state index contributed by atoms with van der Waals surface area (Å²) in [6.45, 7) is 2.13. The monoisotopic (exact) mass is 274 g/mol. The molecule has 0 atom stereocenters. The van der Waals surface area contributed by atoms with Crippen LogP contribution in [0.15, 0.2) is 23.1 Å². The Bertz CT molecular complexity index is 349. The molecule has 0 aliphatic carbocycles. The van der Waals surface area contributed by atoms with Crippen molar-refractivity contribution in [1.29, 1.82) is 0 Å². The van der Waals surface area contributed by atoms with Crippen LogP contribution < -0.4 is 0 Å². The second kappa shape index (κ2) is 3.13. The van der Waals surface area contributed by atoms with Crippen molar-refractivity contribution >= 4 is 38.0 Å². The predicted molar refractivity (Wildman–Crippen MR) is 60.5 cm³/mol. The summed E-state index contributed by atoms with van der Waals surface area (Å²) >= 11 is 0.127. The number of aryl methyl sites for hydroxylation is 1. The fraction of sp³-hybridized carbons (Fsp3) is 0.111. The van der Waals surface area contributed by atoms with Crippen LogP contribution in [0.4, 0.5) is 0 Å². The Morgan fingerprint density at radius 1 is 1.45 bits per heavy atom. The van der Waals surface area contributed by atoms with Gasteiger partial charge in [0.2, 0.25) is 0 Å². The molecule has 0 amide bonds. The Morgan fingerprint density at radius 3 is 3.27 bits per heavy atom. The van der Waals surface area contributed by atoms with Gasteiger partial charge < -0.3 is 0 Å². The molecule has 2 rings (SSSR count). The second-order valence-electron chi connectivity index (χ2n) is 2.45. The number of fused-ring (bicyclic) bond motifs is 1. The smallest absolute Gasteiger partial charge is 0.0259 e. The molecule has 2 heteroatoms. The molecule has 0 saturated heterocycles. The highest BCUT2D eigenvalue weighted by Gasteiger charge is 2.01. The van der Waals surface area contributed by atoms with Gasteiger partial charge >= 0.3 is 0 Å². The van der Waals surface area contributed by atoms with Crippen LogP contribution in [0.25, 0.3) is 6.08 Å². The molecule has 0 saturated carbocycles. The predicted octanol–water partition coefficient (Wildman–Crippen LogP) is 3.40. The molecule has 1 aromatic carbocycles. The van der Waals surface area contributed by atoms with Crippen LogP contribution in [0, 0.1) is 6.92 Å². The molecular weight excluding hydrogens is 267 g/mol. The minimum Gasteiger partial charge on any atom is -0.0751 e. The Labute approximate surface area is 78.9 Å². The highest BCUT2D eigenvalue weighted by Crippen LogP contribution is 2.36. The molecule has 11 heavy (non-hydrogen) atoms. The fourth-order valence-electron chi connectivity index (χ4n) is 0.996. The summed E-state index contributed by atoms with van der Waals surface area (Å²) in [4.78, 5) is 1.43. The summed E-state index contributed by atoms with van der Waals surface area (Å²) in [6.07, 6.45) is 2.13. The van der Waals surface area contributed by atoms with Crippen molar-refractivity contribution in [2.45, 2.75) is 11.8 Å². The molecule has 1 aliphatic rings. The maximum Gasteiger partial charge on any atom is 0.0259 e. The summed E-state index contributed by atoms with van der Waals surface area (Å²) in [7, 11) is 1.97. The van der Waals surface area contributed by atoms with E-state index in [2.05, 4.69) is 34.9 Å². The number of halogens is 1. The summed E-state index contributed by atoms with van der Waals surface area (Å²) in [6, 6.07) is 6.61. The average molecular weight is 274 g/mol. The first kappa shape index (κ1) is 7.59. The van der Waals surface area contributed by atoms with E-state index in [1.807, 2.05) is 8.93 Å². The normalized spacial score (nSPS) is 13.9. The van der Waals surface area contributed by atoms with Gasteiger partial charge in [-0.05, 0) is 24.6 Å². The molecule has 0 aromatic heterocycles. The number of hydrogen-bond acceptors (Lipinski definition) is 1. The Morgan fingerprint density at radius 2 is 2.36 bits per heavy atom. The van der Waals surface area contributed by atoms with Gasteiger partial charge in [0.15, 0.2) is 0 Å². The fourth-order valence-corrected chi connectivity index (χ4v) is 4.51. The lowest BCUT2D eigenvalue weighted by atomic mass is 10.1. The topological polar surface area (TPSA) is 0 Å². The van der Waals surface area contributed by atoms with E-state index < -0.39 is 0 Å². The number of hydrogen-bond donors (Lipinski definition) is 0. The van der Waals surface area contributed by atoms with Gasteiger partial charge in [0, 0.05) is 24.2 Å². The Kier molecular flexibility index (Phi) is 2.16. The van der Waals surface area contributed by atoms with Gasteiger partial charge in [0.05, 0.1) is 0 Å². The average Bonchev–Trinajstić information content (AvgIpc) is 2.04. The third kappa shape index (κ3) is 1.58. The van der Waals surface area contributed by atoms with Crippen LogP contribution in [0.1, 0.15) is 11.1 Å². The summed E-state index contributed by atoms with van der Waals surface area (Å²) in [5, 5.41) is 0. The van der Waals surface area contributed by atoms with Crippen molar-refractivity contribution in [1.82, 2.24) is 0 Å². The third-order valence-corrected chi connectivity index (χ3v) is 5.40. The van der Waals surface area contributed by atoms with E-state index in [1.54, 1.807) is 0 Å². The van der Waals surface area contributed by atoms with Crippen LogP contribution in [0.3, 0.4) is 0 Å². The molecule has 0 unspecified atom stereocenters. The third-order valence-electron chi connectivity index (χ3n) is 1.54. The minimum atomic E-state index is 0.127. The van der Waals surface area contributed by atoms with Gasteiger partial charge in [-0.25, -0.2) is 0 Å². The van der Waals surface area contributed by atoms with Crippen molar-refractivity contribution in [3.05, 3.63) is 29.3 Å². The van der Waals surface area contributed by atoms with Gasteiger partial charge in [0.25, 0.3) is 0 Å². The zero-order valence-electron chi connectivity index (χ0n) is 6.10. The highest BCUT2D eigenvalue weighted by molar-refractivity contribution is 14.2. The van der Waals surface area contributed by atoms with Gasteiger partial charge in [-0.15, -0.1) is 0 Å². The summed E-state index contributed by atoms with van der Waals surface area (Å²) in [5.41, 5.74) is 2.68. The molecule has 0 N–H and O–H groups in total. The highest BCUT2D eigenvalue weighted by atomic mass is 127. The van der Waals surface area contributed by atoms with E-state index in [4.69, 9.17) is 0 Å². The molecule has 1 heterocycles. The summed E-state index contributed by atoms with van der Waals surface area (Å²) in [5.74, 6) is 0. The van der Waals surface area contributed by atoms with Gasteiger partial charge in [-0.3, -0.25) is 0 Å². The SMILES string of the molecule is Cc1ccc2c(c1)C=C=IS2. The second-order valence-corrected chi connectivity index (χ2v) is 6.46. The van der Waals surface area contributed by atoms with E-state index in [1.165, 1.54) is 16.0 Å². The maximum absolute atomic E-state index is 3.32.